The number of hydroxylamine groups is 1. The molecule has 3 rings (SSSR count). The van der Waals surface area contributed by atoms with Gasteiger partial charge in [0, 0.05) is 11.5 Å². The minimum absolute atomic E-state index is 0.178. The molecular weight excluding hydrogens is 330 g/mol. The Hall–Kier alpha value is -2.50. The molecule has 3 atom stereocenters. The zero-order valence-electron chi connectivity index (χ0n) is 14.7. The number of hydrogen-bond donors (Lipinski definition) is 3. The number of ketones is 1. The first-order valence-corrected chi connectivity index (χ1v) is 8.89. The van der Waals surface area contributed by atoms with Crippen molar-refractivity contribution in [1.29, 1.82) is 0 Å². The number of hydrogen-bond acceptors (Lipinski definition) is 4. The first kappa shape index (κ1) is 18.3. The Kier molecular flexibility index (Phi) is 5.49. The fraction of sp³-hybridized carbons (Fsp3) is 0.333. The third-order valence-corrected chi connectivity index (χ3v) is 5.19. The number of carbonyl (C=O) groups is 2. The van der Waals surface area contributed by atoms with E-state index in [0.29, 0.717) is 5.56 Å². The number of aryl methyl sites for hydroxylation is 1. The van der Waals surface area contributed by atoms with Gasteiger partial charge in [0.15, 0.2) is 5.78 Å². The Morgan fingerprint density at radius 3 is 2.04 bits per heavy atom. The predicted molar refractivity (Wildman–Crippen MR) is 97.7 cm³/mol. The molecular formula is C21H23NO4. The van der Waals surface area contributed by atoms with Crippen molar-refractivity contribution in [2.75, 3.05) is 0 Å². The van der Waals surface area contributed by atoms with Crippen LogP contribution in [-0.4, -0.2) is 28.1 Å². The summed E-state index contributed by atoms with van der Waals surface area (Å²) in [5.41, 5.74) is 5.47. The van der Waals surface area contributed by atoms with Crippen LogP contribution in [0.3, 0.4) is 0 Å². The van der Waals surface area contributed by atoms with E-state index in [9.17, 15) is 14.7 Å². The molecule has 3 N–H and O–H groups in total. The second-order valence-electron chi connectivity index (χ2n) is 6.81. The van der Waals surface area contributed by atoms with E-state index >= 15 is 0 Å². The highest BCUT2D eigenvalue weighted by Crippen LogP contribution is 2.35. The van der Waals surface area contributed by atoms with Gasteiger partial charge in [-0.3, -0.25) is 14.8 Å². The summed E-state index contributed by atoms with van der Waals surface area (Å²) in [7, 11) is 0. The van der Waals surface area contributed by atoms with Crippen LogP contribution in [0.4, 0.5) is 0 Å². The average Bonchev–Trinajstić information content (AvgIpc) is 3.08. The summed E-state index contributed by atoms with van der Waals surface area (Å²) in [5, 5.41) is 18.7. The number of aliphatic hydroxyl groups is 1. The molecule has 5 nitrogen and oxygen atoms in total. The molecule has 2 aromatic carbocycles. The van der Waals surface area contributed by atoms with Crippen molar-refractivity contribution in [2.45, 2.75) is 32.3 Å². The van der Waals surface area contributed by atoms with E-state index in [1.54, 1.807) is 17.6 Å². The van der Waals surface area contributed by atoms with Crippen molar-refractivity contribution in [2.24, 2.45) is 11.8 Å². The maximum Gasteiger partial charge on any atom is 0.247 e. The second-order valence-corrected chi connectivity index (χ2v) is 6.81. The molecule has 136 valence electrons. The highest BCUT2D eigenvalue weighted by molar-refractivity contribution is 6.01. The molecule has 0 aliphatic heterocycles. The fourth-order valence-corrected chi connectivity index (χ4v) is 3.65. The first-order chi connectivity index (χ1) is 12.5. The summed E-state index contributed by atoms with van der Waals surface area (Å²) < 4.78 is 0. The molecule has 1 aliphatic rings. The van der Waals surface area contributed by atoms with E-state index in [4.69, 9.17) is 5.21 Å². The van der Waals surface area contributed by atoms with E-state index in [1.807, 2.05) is 12.1 Å². The number of rotatable bonds is 5. The van der Waals surface area contributed by atoms with Gasteiger partial charge >= 0.3 is 0 Å². The van der Waals surface area contributed by atoms with Crippen molar-refractivity contribution in [3.63, 3.8) is 0 Å². The number of benzene rings is 2. The summed E-state index contributed by atoms with van der Waals surface area (Å²) in [5.74, 6) is -2.12. The van der Waals surface area contributed by atoms with Crippen LogP contribution < -0.4 is 5.48 Å². The quantitative estimate of drug-likeness (QED) is 0.438. The molecule has 1 amide bonds. The fourth-order valence-electron chi connectivity index (χ4n) is 3.65. The molecule has 2 unspecified atom stereocenters. The van der Waals surface area contributed by atoms with Gasteiger partial charge < -0.3 is 5.11 Å². The second kappa shape index (κ2) is 7.81. The topological polar surface area (TPSA) is 86.6 Å². The lowest BCUT2D eigenvalue weighted by Gasteiger charge is -2.16. The van der Waals surface area contributed by atoms with Crippen LogP contribution in [0.2, 0.25) is 0 Å². The Morgan fingerprint density at radius 1 is 0.962 bits per heavy atom. The van der Waals surface area contributed by atoms with E-state index in [-0.39, 0.29) is 18.6 Å². The van der Waals surface area contributed by atoms with Gasteiger partial charge in [-0.25, -0.2) is 5.48 Å². The summed E-state index contributed by atoms with van der Waals surface area (Å²) in [6.45, 7) is 2.11. The molecule has 1 fully saturated rings. The lowest BCUT2D eigenvalue weighted by Crippen LogP contribution is -2.33. The molecule has 26 heavy (non-hydrogen) atoms. The van der Waals surface area contributed by atoms with Crippen LogP contribution in [0, 0.1) is 11.8 Å². The smallest absolute Gasteiger partial charge is 0.247 e. The van der Waals surface area contributed by atoms with Gasteiger partial charge in [-0.15, -0.1) is 0 Å². The third kappa shape index (κ3) is 3.69. The lowest BCUT2D eigenvalue weighted by atomic mass is 9.87. The number of Topliss-reactive ketones (excluding diaryl/α,β-unsaturated/α-hetero) is 1. The highest BCUT2D eigenvalue weighted by Gasteiger charge is 2.42. The van der Waals surface area contributed by atoms with E-state index < -0.39 is 23.8 Å². The van der Waals surface area contributed by atoms with Crippen LogP contribution >= 0.6 is 0 Å². The molecule has 1 saturated carbocycles. The van der Waals surface area contributed by atoms with Crippen LogP contribution in [0.5, 0.6) is 0 Å². The molecule has 0 heterocycles. The van der Waals surface area contributed by atoms with Crippen LogP contribution in [0.1, 0.15) is 35.7 Å². The standard InChI is InChI=1S/C21H23NO4/c1-2-13-3-5-14(6-4-13)15-7-9-16(10-8-15)20(24)18-11-17(23)12-19(18)21(25)22-26/h3-10,17-19,23,26H,2,11-12H2,1H3,(H,22,25)/t17?,18-,19?/m0/s1. The minimum atomic E-state index is -0.706. The van der Waals surface area contributed by atoms with Gasteiger partial charge in [0.05, 0.1) is 12.0 Å². The van der Waals surface area contributed by atoms with Gasteiger partial charge in [-0.1, -0.05) is 55.5 Å². The normalized spacial score (nSPS) is 22.2. The van der Waals surface area contributed by atoms with Crippen molar-refractivity contribution >= 4 is 11.7 Å². The number of nitrogens with one attached hydrogen (secondary N) is 1. The SMILES string of the molecule is CCc1ccc(-c2ccc(C(=O)[C@H]3CC(O)CC3C(=O)NO)cc2)cc1. The molecule has 0 saturated heterocycles. The molecule has 0 spiro atoms. The van der Waals surface area contributed by atoms with Crippen molar-refractivity contribution in [3.05, 3.63) is 59.7 Å². The van der Waals surface area contributed by atoms with Crippen LogP contribution in [-0.2, 0) is 11.2 Å². The van der Waals surface area contributed by atoms with Crippen molar-refractivity contribution in [3.8, 4) is 11.1 Å². The largest absolute Gasteiger partial charge is 0.393 e. The maximum atomic E-state index is 12.8. The average molecular weight is 353 g/mol. The number of carbonyl (C=O) groups excluding carboxylic acids is 2. The lowest BCUT2D eigenvalue weighted by molar-refractivity contribution is -0.134. The molecule has 2 aromatic rings. The number of aliphatic hydroxyl groups excluding tert-OH is 1. The molecule has 0 aromatic heterocycles. The Morgan fingerprint density at radius 2 is 1.50 bits per heavy atom. The maximum absolute atomic E-state index is 12.8. The van der Waals surface area contributed by atoms with E-state index in [2.05, 4.69) is 31.2 Å². The Bertz CT molecular complexity index is 783. The first-order valence-electron chi connectivity index (χ1n) is 8.89. The molecule has 0 radical (unpaired) electrons. The van der Waals surface area contributed by atoms with Crippen molar-refractivity contribution in [1.82, 2.24) is 5.48 Å². The summed E-state index contributed by atoms with van der Waals surface area (Å²) in [6, 6.07) is 15.6. The zero-order valence-corrected chi connectivity index (χ0v) is 14.7. The van der Waals surface area contributed by atoms with Gasteiger partial charge in [-0.05, 0) is 36.0 Å². The summed E-state index contributed by atoms with van der Waals surface area (Å²) >= 11 is 0. The zero-order chi connectivity index (χ0) is 18.7. The van der Waals surface area contributed by atoms with Crippen molar-refractivity contribution < 1.29 is 19.9 Å². The summed E-state index contributed by atoms with van der Waals surface area (Å²) in [4.78, 5) is 24.6. The highest BCUT2D eigenvalue weighted by atomic mass is 16.5. The summed E-state index contributed by atoms with van der Waals surface area (Å²) in [6.07, 6.45) is 0.702. The van der Waals surface area contributed by atoms with Gasteiger partial charge in [0.25, 0.3) is 0 Å². The Balaban J connectivity index is 1.79. The monoisotopic (exact) mass is 353 g/mol. The van der Waals surface area contributed by atoms with E-state index in [1.165, 1.54) is 5.56 Å². The van der Waals surface area contributed by atoms with Crippen LogP contribution in [0.25, 0.3) is 11.1 Å². The number of amides is 1. The van der Waals surface area contributed by atoms with Gasteiger partial charge in [0.2, 0.25) is 5.91 Å². The minimum Gasteiger partial charge on any atom is -0.393 e. The third-order valence-electron chi connectivity index (χ3n) is 5.19. The Labute approximate surface area is 152 Å². The predicted octanol–water partition coefficient (Wildman–Crippen LogP) is 2.99. The molecule has 1 aliphatic carbocycles. The van der Waals surface area contributed by atoms with Gasteiger partial charge in [-0.2, -0.15) is 0 Å². The molecule has 0 bridgehead atoms. The van der Waals surface area contributed by atoms with Crippen LogP contribution in [0.15, 0.2) is 48.5 Å². The molecule has 5 heteroatoms. The van der Waals surface area contributed by atoms with Gasteiger partial charge in [0.1, 0.15) is 0 Å². The van der Waals surface area contributed by atoms with E-state index in [0.717, 1.165) is 17.5 Å².